The molecule has 172 valence electrons. The molecule has 0 saturated carbocycles. The fourth-order valence-electron chi connectivity index (χ4n) is 4.52. The summed E-state index contributed by atoms with van der Waals surface area (Å²) in [5.74, 6) is 3.11. The first-order valence-electron chi connectivity index (χ1n) is 11.1. The van der Waals surface area contributed by atoms with Gasteiger partial charge < -0.3 is 19.1 Å². The van der Waals surface area contributed by atoms with E-state index in [0.29, 0.717) is 36.8 Å². The van der Waals surface area contributed by atoms with Crippen LogP contribution in [0.4, 0.5) is 0 Å². The van der Waals surface area contributed by atoms with Gasteiger partial charge in [-0.15, -0.1) is 0 Å². The van der Waals surface area contributed by atoms with Crippen LogP contribution in [0, 0.1) is 4.77 Å². The summed E-state index contributed by atoms with van der Waals surface area (Å²) >= 11 is 5.43. The monoisotopic (exact) mass is 466 g/mol. The number of aromatic nitrogens is 3. The lowest BCUT2D eigenvalue weighted by Gasteiger charge is -2.27. The zero-order chi connectivity index (χ0) is 22.8. The molecule has 33 heavy (non-hydrogen) atoms. The van der Waals surface area contributed by atoms with Crippen molar-refractivity contribution < 1.29 is 19.0 Å². The van der Waals surface area contributed by atoms with Crippen molar-refractivity contribution in [3.63, 3.8) is 0 Å². The second-order valence-corrected chi connectivity index (χ2v) is 8.52. The zero-order valence-corrected chi connectivity index (χ0v) is 19.3. The summed E-state index contributed by atoms with van der Waals surface area (Å²) in [5, 5.41) is 7.23. The summed E-state index contributed by atoms with van der Waals surface area (Å²) in [6, 6.07) is 13.7. The lowest BCUT2D eigenvalue weighted by molar-refractivity contribution is -0.132. The maximum Gasteiger partial charge on any atom is 0.224 e. The number of likely N-dealkylation sites (tertiary alicyclic amines) is 1. The number of aromatic amines is 1. The van der Waals surface area contributed by atoms with Gasteiger partial charge in [-0.05, 0) is 67.0 Å². The van der Waals surface area contributed by atoms with Gasteiger partial charge in [-0.2, -0.15) is 5.10 Å². The molecular formula is C24H26N4O4S. The predicted octanol–water partition coefficient (Wildman–Crippen LogP) is 4.14. The quantitative estimate of drug-likeness (QED) is 0.550. The Balaban J connectivity index is 1.30. The van der Waals surface area contributed by atoms with Crippen molar-refractivity contribution >= 4 is 18.1 Å². The third-order valence-electron chi connectivity index (χ3n) is 6.18. The average molecular weight is 467 g/mol. The zero-order valence-electron chi connectivity index (χ0n) is 18.5. The summed E-state index contributed by atoms with van der Waals surface area (Å²) in [7, 11) is 1.63. The molecule has 1 atom stereocenters. The van der Waals surface area contributed by atoms with E-state index in [-0.39, 0.29) is 11.9 Å². The second kappa shape index (κ2) is 9.27. The average Bonchev–Trinajstić information content (AvgIpc) is 3.49. The molecule has 8 nitrogen and oxygen atoms in total. The van der Waals surface area contributed by atoms with Crippen molar-refractivity contribution in [3.8, 4) is 28.6 Å². The summed E-state index contributed by atoms with van der Waals surface area (Å²) in [4.78, 5) is 15.2. The van der Waals surface area contributed by atoms with Crippen LogP contribution in [-0.4, -0.2) is 52.4 Å². The molecule has 0 radical (unpaired) electrons. The number of hydrogen-bond donors (Lipinski definition) is 1. The Bertz CT molecular complexity index is 1200. The fraction of sp³-hybridized carbons (Fsp3) is 0.375. The molecular weight excluding hydrogens is 440 g/mol. The van der Waals surface area contributed by atoms with Crippen LogP contribution in [0.2, 0.25) is 0 Å². The molecule has 0 unspecified atom stereocenters. The van der Waals surface area contributed by atoms with Crippen LogP contribution in [0.15, 0.2) is 42.5 Å². The lowest BCUT2D eigenvalue weighted by atomic mass is 10.0. The Morgan fingerprint density at radius 2 is 1.97 bits per heavy atom. The van der Waals surface area contributed by atoms with Crippen LogP contribution in [0.3, 0.4) is 0 Å². The maximum absolute atomic E-state index is 13.2. The van der Waals surface area contributed by atoms with E-state index < -0.39 is 0 Å². The van der Waals surface area contributed by atoms with E-state index in [1.165, 1.54) is 0 Å². The molecule has 2 aromatic carbocycles. The smallest absolute Gasteiger partial charge is 0.224 e. The molecule has 1 aromatic heterocycles. The van der Waals surface area contributed by atoms with Gasteiger partial charge in [-0.3, -0.25) is 14.5 Å². The van der Waals surface area contributed by atoms with Crippen LogP contribution < -0.4 is 14.2 Å². The van der Waals surface area contributed by atoms with Gasteiger partial charge in [-0.1, -0.05) is 6.07 Å². The number of fused-ring (bicyclic) bond motifs is 1. The highest BCUT2D eigenvalue weighted by molar-refractivity contribution is 7.71. The number of methoxy groups -OCH3 is 1. The number of nitrogens with zero attached hydrogens (tertiary/aromatic N) is 3. The number of carbonyl (C=O) groups excluding carboxylic acids is 1. The first-order valence-corrected chi connectivity index (χ1v) is 11.5. The van der Waals surface area contributed by atoms with Crippen LogP contribution in [0.5, 0.6) is 17.2 Å². The van der Waals surface area contributed by atoms with Crippen LogP contribution in [0.25, 0.3) is 11.4 Å². The molecule has 3 aromatic rings. The van der Waals surface area contributed by atoms with E-state index in [0.717, 1.165) is 47.8 Å². The molecule has 2 aliphatic rings. The summed E-state index contributed by atoms with van der Waals surface area (Å²) in [6.45, 7) is 2.32. The highest BCUT2D eigenvalue weighted by Gasteiger charge is 2.30. The molecule has 3 heterocycles. The van der Waals surface area contributed by atoms with Gasteiger partial charge in [0.2, 0.25) is 5.91 Å². The van der Waals surface area contributed by atoms with Crippen molar-refractivity contribution in [2.24, 2.45) is 0 Å². The molecule has 0 aliphatic carbocycles. The number of carbonyl (C=O) groups is 1. The second-order valence-electron chi connectivity index (χ2n) is 8.13. The van der Waals surface area contributed by atoms with Crippen molar-refractivity contribution in [2.75, 3.05) is 26.9 Å². The van der Waals surface area contributed by atoms with Gasteiger partial charge >= 0.3 is 0 Å². The van der Waals surface area contributed by atoms with E-state index in [4.69, 9.17) is 26.4 Å². The highest BCUT2D eigenvalue weighted by Crippen LogP contribution is 2.38. The SMILES string of the molecule is COc1ccc(-c2n[nH]c(=S)n2CCC(=O)N2CCC[C@@H]2c2ccc3c(c2)OCCO3)cc1. The van der Waals surface area contributed by atoms with E-state index in [1.807, 2.05) is 51.9 Å². The van der Waals surface area contributed by atoms with Crippen molar-refractivity contribution in [1.82, 2.24) is 19.7 Å². The van der Waals surface area contributed by atoms with Crippen molar-refractivity contribution in [1.29, 1.82) is 0 Å². The molecule has 1 N–H and O–H groups in total. The van der Waals surface area contributed by atoms with Crippen LogP contribution >= 0.6 is 12.2 Å². The minimum atomic E-state index is 0.0479. The third-order valence-corrected chi connectivity index (χ3v) is 6.49. The Morgan fingerprint density at radius 1 is 1.18 bits per heavy atom. The number of rotatable bonds is 6. The minimum Gasteiger partial charge on any atom is -0.497 e. The Hall–Kier alpha value is -3.33. The van der Waals surface area contributed by atoms with Gasteiger partial charge in [0.15, 0.2) is 22.1 Å². The molecule has 0 bridgehead atoms. The van der Waals surface area contributed by atoms with Crippen molar-refractivity contribution in [3.05, 3.63) is 52.8 Å². The first kappa shape index (κ1) is 21.5. The largest absolute Gasteiger partial charge is 0.497 e. The van der Waals surface area contributed by atoms with E-state index >= 15 is 0 Å². The summed E-state index contributed by atoms with van der Waals surface area (Å²) < 4.78 is 19.0. The van der Waals surface area contributed by atoms with Gasteiger partial charge in [0.25, 0.3) is 0 Å². The van der Waals surface area contributed by atoms with Crippen LogP contribution in [0.1, 0.15) is 30.9 Å². The predicted molar refractivity (Wildman–Crippen MR) is 125 cm³/mol. The standard InChI is InChI=1S/C24H26N4O4S/c1-30-18-7-4-16(5-8-18)23-25-26-24(33)28(23)12-10-22(29)27-11-2-3-19(27)17-6-9-20-21(15-17)32-14-13-31-20/h4-9,15,19H,2-3,10-14H2,1H3,(H,26,33)/t19-/m1/s1. The molecule has 2 aliphatic heterocycles. The molecule has 5 rings (SSSR count). The Labute approximate surface area is 197 Å². The van der Waals surface area contributed by atoms with Gasteiger partial charge in [-0.25, -0.2) is 0 Å². The van der Waals surface area contributed by atoms with Crippen LogP contribution in [-0.2, 0) is 11.3 Å². The van der Waals surface area contributed by atoms with Gasteiger partial charge in [0, 0.05) is 25.1 Å². The van der Waals surface area contributed by atoms with E-state index in [1.54, 1.807) is 7.11 Å². The number of nitrogens with one attached hydrogen (secondary N) is 1. The summed E-state index contributed by atoms with van der Waals surface area (Å²) in [5.41, 5.74) is 2.00. The van der Waals surface area contributed by atoms with Gasteiger partial charge in [0.05, 0.1) is 13.2 Å². The Kier molecular flexibility index (Phi) is 6.04. The highest BCUT2D eigenvalue weighted by atomic mass is 32.1. The Morgan fingerprint density at radius 3 is 2.76 bits per heavy atom. The number of H-pyrrole nitrogens is 1. The molecule has 1 fully saturated rings. The number of hydrogen-bond acceptors (Lipinski definition) is 6. The fourth-order valence-corrected chi connectivity index (χ4v) is 4.74. The number of ether oxygens (including phenoxy) is 3. The number of amides is 1. The normalized spacial score (nSPS) is 17.2. The van der Waals surface area contributed by atoms with E-state index in [9.17, 15) is 4.79 Å². The minimum absolute atomic E-state index is 0.0479. The summed E-state index contributed by atoms with van der Waals surface area (Å²) in [6.07, 6.45) is 2.26. The number of benzene rings is 2. The lowest BCUT2D eigenvalue weighted by Crippen LogP contribution is -2.31. The molecule has 9 heteroatoms. The molecule has 1 amide bonds. The van der Waals surface area contributed by atoms with Gasteiger partial charge in [0.1, 0.15) is 19.0 Å². The maximum atomic E-state index is 13.2. The third kappa shape index (κ3) is 4.32. The molecule has 0 spiro atoms. The first-order chi connectivity index (χ1) is 16.1. The van der Waals surface area contributed by atoms with E-state index in [2.05, 4.69) is 10.2 Å². The molecule has 1 saturated heterocycles. The van der Waals surface area contributed by atoms with Crippen molar-refractivity contribution in [2.45, 2.75) is 31.8 Å². The topological polar surface area (TPSA) is 81.6 Å².